The van der Waals surface area contributed by atoms with Crippen molar-refractivity contribution >= 4 is 0 Å². The summed E-state index contributed by atoms with van der Waals surface area (Å²) >= 11 is 0. The van der Waals surface area contributed by atoms with Crippen LogP contribution in [0.2, 0.25) is 0 Å². The van der Waals surface area contributed by atoms with Crippen molar-refractivity contribution in [3.05, 3.63) is 0 Å². The third-order valence-electron chi connectivity index (χ3n) is 4.41. The highest BCUT2D eigenvalue weighted by molar-refractivity contribution is 4.87. The molecule has 0 spiro atoms. The smallest absolute Gasteiger partial charge is 0.00387 e. The van der Waals surface area contributed by atoms with E-state index in [9.17, 15) is 0 Å². The molecule has 2 atom stereocenters. The first-order chi connectivity index (χ1) is 7.20. The summed E-state index contributed by atoms with van der Waals surface area (Å²) in [5.41, 5.74) is 0. The molecular formula is C13H26N2. The molecule has 2 rings (SSSR count). The van der Waals surface area contributed by atoms with E-state index >= 15 is 0 Å². The van der Waals surface area contributed by atoms with E-state index in [1.54, 1.807) is 0 Å². The minimum absolute atomic E-state index is 0.746. The van der Waals surface area contributed by atoms with Gasteiger partial charge in [-0.2, -0.15) is 0 Å². The maximum absolute atomic E-state index is 2.67. The molecule has 0 radical (unpaired) electrons. The van der Waals surface area contributed by atoms with Crippen LogP contribution in [0.15, 0.2) is 0 Å². The molecule has 0 aromatic heterocycles. The molecule has 2 heterocycles. The molecule has 88 valence electrons. The van der Waals surface area contributed by atoms with Gasteiger partial charge in [0.1, 0.15) is 0 Å². The molecule has 0 bridgehead atoms. The zero-order chi connectivity index (χ0) is 10.8. The number of likely N-dealkylation sites (tertiary alicyclic amines) is 2. The van der Waals surface area contributed by atoms with Crippen LogP contribution in [0, 0.1) is 11.8 Å². The molecule has 2 unspecified atom stereocenters. The van der Waals surface area contributed by atoms with Crippen LogP contribution in [0.3, 0.4) is 0 Å². The quantitative estimate of drug-likeness (QED) is 0.688. The molecule has 2 nitrogen and oxygen atoms in total. The molecule has 2 saturated heterocycles. The van der Waals surface area contributed by atoms with E-state index in [0.717, 1.165) is 17.9 Å². The molecule has 0 amide bonds. The van der Waals surface area contributed by atoms with E-state index in [0.29, 0.717) is 0 Å². The Morgan fingerprint density at radius 2 is 1.73 bits per heavy atom. The van der Waals surface area contributed by atoms with E-state index < -0.39 is 0 Å². The second kappa shape index (κ2) is 4.84. The van der Waals surface area contributed by atoms with E-state index in [4.69, 9.17) is 0 Å². The largest absolute Gasteiger partial charge is 0.303 e. The van der Waals surface area contributed by atoms with Crippen molar-refractivity contribution in [2.24, 2.45) is 11.8 Å². The van der Waals surface area contributed by atoms with Crippen LogP contribution in [0.4, 0.5) is 0 Å². The average molecular weight is 210 g/mol. The van der Waals surface area contributed by atoms with Gasteiger partial charge in [-0.15, -0.1) is 0 Å². The summed E-state index contributed by atoms with van der Waals surface area (Å²) in [5, 5.41) is 0. The lowest BCUT2D eigenvalue weighted by Gasteiger charge is -2.46. The van der Waals surface area contributed by atoms with Crippen molar-refractivity contribution in [2.75, 3.05) is 32.7 Å². The Labute approximate surface area is 94.6 Å². The van der Waals surface area contributed by atoms with Crippen molar-refractivity contribution in [1.29, 1.82) is 0 Å². The Morgan fingerprint density at radius 1 is 1.07 bits per heavy atom. The highest BCUT2D eigenvalue weighted by Gasteiger charge is 2.33. The summed E-state index contributed by atoms with van der Waals surface area (Å²) < 4.78 is 0. The van der Waals surface area contributed by atoms with Gasteiger partial charge in [-0.25, -0.2) is 0 Å². The van der Waals surface area contributed by atoms with Gasteiger partial charge in [0.05, 0.1) is 0 Å². The number of fused-ring (bicyclic) bond motifs is 1. The normalized spacial score (nSPS) is 34.4. The lowest BCUT2D eigenvalue weighted by Crippen LogP contribution is -2.50. The zero-order valence-corrected chi connectivity index (χ0v) is 10.6. The van der Waals surface area contributed by atoms with E-state index in [1.807, 2.05) is 0 Å². The summed E-state index contributed by atoms with van der Waals surface area (Å²) in [5.74, 6) is 1.98. The van der Waals surface area contributed by atoms with Crippen LogP contribution in [-0.4, -0.2) is 48.6 Å². The lowest BCUT2D eigenvalue weighted by molar-refractivity contribution is 0.0322. The number of nitrogens with zero attached hydrogens (tertiary/aromatic N) is 2. The van der Waals surface area contributed by atoms with Crippen molar-refractivity contribution < 1.29 is 0 Å². The highest BCUT2D eigenvalue weighted by atomic mass is 15.2. The summed E-state index contributed by atoms with van der Waals surface area (Å²) in [6, 6.07) is 0.746. The molecule has 2 aliphatic rings. The fourth-order valence-electron chi connectivity index (χ4n) is 3.20. The van der Waals surface area contributed by atoms with E-state index in [1.165, 1.54) is 45.6 Å². The van der Waals surface area contributed by atoms with Crippen LogP contribution in [0.5, 0.6) is 0 Å². The molecule has 0 aliphatic carbocycles. The summed E-state index contributed by atoms with van der Waals surface area (Å²) in [6.07, 6.45) is 2.86. The van der Waals surface area contributed by atoms with Crippen molar-refractivity contribution in [3.8, 4) is 0 Å². The number of piperidine rings is 2. The van der Waals surface area contributed by atoms with Gasteiger partial charge < -0.3 is 9.80 Å². The maximum atomic E-state index is 2.67. The third-order valence-corrected chi connectivity index (χ3v) is 4.41. The van der Waals surface area contributed by atoms with Gasteiger partial charge in [0.2, 0.25) is 0 Å². The standard InChI is InChI=1S/C13H26N2/c1-4-14-7-5-13-10-15(11(2)3)8-6-12(13)9-14/h11-13H,4-10H2,1-3H3. The lowest BCUT2D eigenvalue weighted by atomic mass is 9.80. The van der Waals surface area contributed by atoms with Crippen LogP contribution >= 0.6 is 0 Å². The van der Waals surface area contributed by atoms with Gasteiger partial charge in [-0.05, 0) is 58.2 Å². The fraction of sp³-hybridized carbons (Fsp3) is 1.00. The first kappa shape index (κ1) is 11.4. The van der Waals surface area contributed by atoms with Gasteiger partial charge in [0.25, 0.3) is 0 Å². The molecule has 0 N–H and O–H groups in total. The first-order valence-corrected chi connectivity index (χ1v) is 6.67. The summed E-state index contributed by atoms with van der Waals surface area (Å²) in [4.78, 5) is 5.30. The van der Waals surface area contributed by atoms with Gasteiger partial charge in [-0.1, -0.05) is 6.92 Å². The summed E-state index contributed by atoms with van der Waals surface area (Å²) in [6.45, 7) is 13.6. The Kier molecular flexibility index (Phi) is 3.68. The average Bonchev–Trinajstić information content (AvgIpc) is 2.27. The Bertz CT molecular complexity index is 203. The maximum Gasteiger partial charge on any atom is 0.00387 e. The molecular weight excluding hydrogens is 184 g/mol. The second-order valence-electron chi connectivity index (χ2n) is 5.58. The first-order valence-electron chi connectivity index (χ1n) is 6.67. The Hall–Kier alpha value is -0.0800. The summed E-state index contributed by atoms with van der Waals surface area (Å²) in [7, 11) is 0. The van der Waals surface area contributed by atoms with E-state index in [2.05, 4.69) is 30.6 Å². The predicted molar refractivity (Wildman–Crippen MR) is 65.0 cm³/mol. The van der Waals surface area contributed by atoms with E-state index in [-0.39, 0.29) is 0 Å². The monoisotopic (exact) mass is 210 g/mol. The predicted octanol–water partition coefficient (Wildman–Crippen LogP) is 2.06. The topological polar surface area (TPSA) is 6.48 Å². The minimum Gasteiger partial charge on any atom is -0.303 e. The molecule has 0 aromatic carbocycles. The number of rotatable bonds is 2. The van der Waals surface area contributed by atoms with Crippen LogP contribution in [-0.2, 0) is 0 Å². The molecule has 2 aliphatic heterocycles. The zero-order valence-electron chi connectivity index (χ0n) is 10.6. The molecule has 0 aromatic rings. The van der Waals surface area contributed by atoms with Gasteiger partial charge in [-0.3, -0.25) is 0 Å². The minimum atomic E-state index is 0.746. The van der Waals surface area contributed by atoms with Gasteiger partial charge in [0.15, 0.2) is 0 Å². The molecule has 2 heteroatoms. The van der Waals surface area contributed by atoms with Gasteiger partial charge in [0, 0.05) is 19.1 Å². The second-order valence-corrected chi connectivity index (χ2v) is 5.58. The van der Waals surface area contributed by atoms with Crippen molar-refractivity contribution in [3.63, 3.8) is 0 Å². The molecule has 15 heavy (non-hydrogen) atoms. The molecule has 2 fully saturated rings. The Morgan fingerprint density at radius 3 is 2.40 bits per heavy atom. The van der Waals surface area contributed by atoms with Crippen LogP contribution in [0.25, 0.3) is 0 Å². The van der Waals surface area contributed by atoms with Gasteiger partial charge >= 0.3 is 0 Å². The number of hydrogen-bond donors (Lipinski definition) is 0. The van der Waals surface area contributed by atoms with Crippen molar-refractivity contribution in [1.82, 2.24) is 9.80 Å². The van der Waals surface area contributed by atoms with Crippen LogP contribution in [0.1, 0.15) is 33.6 Å². The highest BCUT2D eigenvalue weighted by Crippen LogP contribution is 2.31. The Balaban J connectivity index is 1.89. The van der Waals surface area contributed by atoms with Crippen LogP contribution < -0.4 is 0 Å². The number of hydrogen-bond acceptors (Lipinski definition) is 2. The fourth-order valence-corrected chi connectivity index (χ4v) is 3.20. The third kappa shape index (κ3) is 2.54. The van der Waals surface area contributed by atoms with Crippen molar-refractivity contribution in [2.45, 2.75) is 39.7 Å². The molecule has 0 saturated carbocycles. The SMILES string of the molecule is CCN1CCC2CN(C(C)C)CCC2C1.